The molecule has 0 radical (unpaired) electrons. The van der Waals surface area contributed by atoms with Crippen LogP contribution in [0, 0.1) is 0 Å². The number of aromatic nitrogens is 4. The fourth-order valence-corrected chi connectivity index (χ4v) is 2.79. The zero-order chi connectivity index (χ0) is 17.2. The summed E-state index contributed by atoms with van der Waals surface area (Å²) in [6.07, 6.45) is 1.77. The van der Waals surface area contributed by atoms with E-state index in [1.165, 1.54) is 0 Å². The highest BCUT2D eigenvalue weighted by atomic mass is 16.5. The number of hydrogen-bond acceptors (Lipinski definition) is 5. The van der Waals surface area contributed by atoms with Crippen LogP contribution in [0.5, 0.6) is 11.5 Å². The van der Waals surface area contributed by atoms with Crippen molar-refractivity contribution in [2.45, 2.75) is 0 Å². The zero-order valence-electron chi connectivity index (χ0n) is 13.9. The molecule has 0 saturated carbocycles. The van der Waals surface area contributed by atoms with Crippen molar-refractivity contribution in [1.82, 2.24) is 20.2 Å². The first-order valence-electron chi connectivity index (χ1n) is 7.79. The number of methoxy groups -OCH3 is 2. The van der Waals surface area contributed by atoms with Crippen LogP contribution in [0.25, 0.3) is 33.7 Å². The molecular formula is C19H16N4O2. The van der Waals surface area contributed by atoms with Gasteiger partial charge in [-0.25, -0.2) is 4.98 Å². The van der Waals surface area contributed by atoms with E-state index >= 15 is 0 Å². The lowest BCUT2D eigenvalue weighted by atomic mass is 10.1. The highest BCUT2D eigenvalue weighted by molar-refractivity contribution is 5.93. The minimum Gasteiger partial charge on any atom is -0.497 e. The molecule has 4 rings (SSSR count). The Kier molecular flexibility index (Phi) is 3.78. The van der Waals surface area contributed by atoms with Gasteiger partial charge in [-0.15, -0.1) is 0 Å². The monoisotopic (exact) mass is 332 g/mol. The Bertz CT molecular complexity index is 1040. The Morgan fingerprint density at radius 1 is 0.960 bits per heavy atom. The molecule has 0 spiro atoms. The van der Waals surface area contributed by atoms with E-state index in [1.54, 1.807) is 20.4 Å². The molecule has 2 aromatic heterocycles. The van der Waals surface area contributed by atoms with Gasteiger partial charge in [0.2, 0.25) is 0 Å². The number of fused-ring (bicyclic) bond motifs is 1. The minimum atomic E-state index is 0.528. The van der Waals surface area contributed by atoms with Gasteiger partial charge in [0.25, 0.3) is 0 Å². The molecule has 0 aliphatic rings. The second-order valence-electron chi connectivity index (χ2n) is 5.45. The second-order valence-corrected chi connectivity index (χ2v) is 5.45. The molecule has 0 fully saturated rings. The Morgan fingerprint density at radius 3 is 2.68 bits per heavy atom. The number of aromatic amines is 1. The number of nitrogens with zero attached hydrogens (tertiary/aromatic N) is 3. The van der Waals surface area contributed by atoms with Crippen LogP contribution in [0.4, 0.5) is 0 Å². The molecule has 2 heterocycles. The molecule has 0 unspecified atom stereocenters. The first kappa shape index (κ1) is 15.1. The van der Waals surface area contributed by atoms with Crippen molar-refractivity contribution in [2.24, 2.45) is 0 Å². The summed E-state index contributed by atoms with van der Waals surface area (Å²) in [5.41, 5.74) is 1.52. The van der Waals surface area contributed by atoms with E-state index in [2.05, 4.69) is 20.2 Å². The van der Waals surface area contributed by atoms with E-state index in [-0.39, 0.29) is 0 Å². The van der Waals surface area contributed by atoms with Gasteiger partial charge in [0.05, 0.1) is 19.8 Å². The maximum Gasteiger partial charge on any atom is 0.185 e. The molecule has 124 valence electrons. The largest absolute Gasteiger partial charge is 0.497 e. The average molecular weight is 332 g/mol. The Balaban J connectivity index is 1.83. The summed E-state index contributed by atoms with van der Waals surface area (Å²) < 4.78 is 10.7. The van der Waals surface area contributed by atoms with E-state index < -0.39 is 0 Å². The predicted molar refractivity (Wildman–Crippen MR) is 95.7 cm³/mol. The summed E-state index contributed by atoms with van der Waals surface area (Å²) >= 11 is 0. The number of pyridine rings is 1. The topological polar surface area (TPSA) is 72.9 Å². The van der Waals surface area contributed by atoms with Crippen LogP contribution in [0.3, 0.4) is 0 Å². The fraction of sp³-hybridized carbons (Fsp3) is 0.105. The summed E-state index contributed by atoms with van der Waals surface area (Å²) in [5.74, 6) is 2.53. The molecule has 0 atom stereocenters. The molecule has 6 nitrogen and oxygen atoms in total. The Labute approximate surface area is 144 Å². The summed E-state index contributed by atoms with van der Waals surface area (Å²) in [5, 5.41) is 9.44. The van der Waals surface area contributed by atoms with Crippen LogP contribution in [0.1, 0.15) is 0 Å². The molecule has 4 aromatic rings. The van der Waals surface area contributed by atoms with Crippen LogP contribution in [0.2, 0.25) is 0 Å². The highest BCUT2D eigenvalue weighted by Crippen LogP contribution is 2.32. The van der Waals surface area contributed by atoms with E-state index in [0.717, 1.165) is 22.0 Å². The van der Waals surface area contributed by atoms with Gasteiger partial charge < -0.3 is 9.47 Å². The van der Waals surface area contributed by atoms with Crippen LogP contribution < -0.4 is 9.47 Å². The van der Waals surface area contributed by atoms with Gasteiger partial charge in [0, 0.05) is 11.6 Å². The number of H-pyrrole nitrogens is 1. The average Bonchev–Trinajstić information content (AvgIpc) is 3.16. The third-order valence-electron chi connectivity index (χ3n) is 4.03. The number of benzene rings is 2. The van der Waals surface area contributed by atoms with Crippen molar-refractivity contribution in [1.29, 1.82) is 0 Å². The standard InChI is InChI=1S/C19H16N4O2/c1-24-13-7-8-16(25-2)15(11-13)18-21-19(23-22-18)17-14-6-4-3-5-12(14)9-10-20-17/h3-11H,1-2H3,(H,21,22,23). The lowest BCUT2D eigenvalue weighted by molar-refractivity contribution is 0.404. The Morgan fingerprint density at radius 2 is 1.84 bits per heavy atom. The number of hydrogen-bond donors (Lipinski definition) is 1. The zero-order valence-corrected chi connectivity index (χ0v) is 13.9. The van der Waals surface area contributed by atoms with Crippen molar-refractivity contribution in [3.05, 3.63) is 54.7 Å². The molecule has 2 aromatic carbocycles. The highest BCUT2D eigenvalue weighted by Gasteiger charge is 2.15. The number of nitrogens with one attached hydrogen (secondary N) is 1. The lowest BCUT2D eigenvalue weighted by Crippen LogP contribution is -1.92. The first-order valence-corrected chi connectivity index (χ1v) is 7.79. The van der Waals surface area contributed by atoms with Gasteiger partial charge in [-0.3, -0.25) is 10.1 Å². The van der Waals surface area contributed by atoms with Gasteiger partial charge >= 0.3 is 0 Å². The van der Waals surface area contributed by atoms with Crippen molar-refractivity contribution >= 4 is 10.8 Å². The third-order valence-corrected chi connectivity index (χ3v) is 4.03. The number of ether oxygens (including phenoxy) is 2. The summed E-state index contributed by atoms with van der Waals surface area (Å²) in [7, 11) is 3.24. The molecule has 0 aliphatic heterocycles. The Hall–Kier alpha value is -3.41. The molecule has 6 heteroatoms. The van der Waals surface area contributed by atoms with Gasteiger partial charge in [-0.2, -0.15) is 5.10 Å². The SMILES string of the molecule is COc1ccc(OC)c(-c2n[nH]c(-c3nccc4ccccc34)n2)c1. The molecule has 0 bridgehead atoms. The fourth-order valence-electron chi connectivity index (χ4n) is 2.79. The normalized spacial score (nSPS) is 10.8. The first-order chi connectivity index (χ1) is 12.3. The maximum absolute atomic E-state index is 5.42. The number of rotatable bonds is 4. The van der Waals surface area contributed by atoms with Gasteiger partial charge in [-0.1, -0.05) is 24.3 Å². The summed E-state index contributed by atoms with van der Waals surface area (Å²) in [6, 6.07) is 15.5. The van der Waals surface area contributed by atoms with Gasteiger partial charge in [0.15, 0.2) is 11.6 Å². The summed E-state index contributed by atoms with van der Waals surface area (Å²) in [6.45, 7) is 0. The molecule has 1 N–H and O–H groups in total. The van der Waals surface area contributed by atoms with E-state index in [0.29, 0.717) is 23.1 Å². The molecular weight excluding hydrogens is 316 g/mol. The minimum absolute atomic E-state index is 0.528. The smallest absolute Gasteiger partial charge is 0.185 e. The van der Waals surface area contributed by atoms with Gasteiger partial charge in [-0.05, 0) is 29.7 Å². The van der Waals surface area contributed by atoms with E-state index in [1.807, 2.05) is 48.5 Å². The van der Waals surface area contributed by atoms with E-state index in [9.17, 15) is 0 Å². The van der Waals surface area contributed by atoms with Crippen LogP contribution in [-0.2, 0) is 0 Å². The molecule has 25 heavy (non-hydrogen) atoms. The van der Waals surface area contributed by atoms with Crippen molar-refractivity contribution in [2.75, 3.05) is 14.2 Å². The lowest BCUT2D eigenvalue weighted by Gasteiger charge is -2.07. The predicted octanol–water partition coefficient (Wildman–Crippen LogP) is 3.70. The third kappa shape index (κ3) is 2.67. The quantitative estimate of drug-likeness (QED) is 0.617. The molecule has 0 amide bonds. The van der Waals surface area contributed by atoms with Crippen molar-refractivity contribution < 1.29 is 9.47 Å². The second kappa shape index (κ2) is 6.24. The van der Waals surface area contributed by atoms with E-state index in [4.69, 9.17) is 9.47 Å². The van der Waals surface area contributed by atoms with Crippen molar-refractivity contribution in [3.63, 3.8) is 0 Å². The van der Waals surface area contributed by atoms with Crippen LogP contribution in [0.15, 0.2) is 54.7 Å². The van der Waals surface area contributed by atoms with Gasteiger partial charge in [0.1, 0.15) is 17.2 Å². The molecule has 0 aliphatic carbocycles. The van der Waals surface area contributed by atoms with Crippen LogP contribution in [-0.4, -0.2) is 34.4 Å². The maximum atomic E-state index is 5.42. The van der Waals surface area contributed by atoms with Crippen LogP contribution >= 0.6 is 0 Å². The molecule has 0 saturated heterocycles. The summed E-state index contributed by atoms with van der Waals surface area (Å²) in [4.78, 5) is 9.09. The van der Waals surface area contributed by atoms with Crippen molar-refractivity contribution in [3.8, 4) is 34.4 Å².